The lowest BCUT2D eigenvalue weighted by Crippen LogP contribution is -2.53. The van der Waals surface area contributed by atoms with Gasteiger partial charge in [-0.05, 0) is 46.0 Å². The molecule has 5 heteroatoms. The van der Waals surface area contributed by atoms with Gasteiger partial charge in [-0.25, -0.2) is 4.79 Å². The summed E-state index contributed by atoms with van der Waals surface area (Å²) in [5.74, 6) is 0. The monoisotopic (exact) mass is 298 g/mol. The predicted octanol–water partition coefficient (Wildman–Crippen LogP) is 2.54. The Bertz CT molecular complexity index is 331. The Hall–Kier alpha value is -0.810. The van der Waals surface area contributed by atoms with Crippen molar-refractivity contribution in [2.45, 2.75) is 77.2 Å². The average molecular weight is 298 g/mol. The first-order valence-corrected chi connectivity index (χ1v) is 8.41. The Labute approximate surface area is 128 Å². The number of nitrogens with one attached hydrogen (secondary N) is 1. The van der Waals surface area contributed by atoms with Crippen molar-refractivity contribution in [3.8, 4) is 0 Å². The second kappa shape index (κ2) is 7.99. The fraction of sp³-hybridized carbons (Fsp3) is 0.938. The molecule has 2 heterocycles. The van der Waals surface area contributed by atoms with Crippen LogP contribution in [0.4, 0.5) is 4.79 Å². The van der Waals surface area contributed by atoms with Crippen LogP contribution < -0.4 is 5.32 Å². The van der Waals surface area contributed by atoms with E-state index < -0.39 is 0 Å². The maximum Gasteiger partial charge on any atom is 0.317 e. The van der Waals surface area contributed by atoms with Gasteiger partial charge in [0.2, 0.25) is 0 Å². The van der Waals surface area contributed by atoms with Gasteiger partial charge in [-0.15, -0.1) is 0 Å². The third kappa shape index (κ3) is 5.15. The third-order valence-corrected chi connectivity index (χ3v) is 4.38. The summed E-state index contributed by atoms with van der Waals surface area (Å²) in [5, 5.41) is 3.11. The van der Waals surface area contributed by atoms with Crippen LogP contribution in [0.25, 0.3) is 0 Å². The van der Waals surface area contributed by atoms with Crippen molar-refractivity contribution < 1.29 is 14.3 Å². The number of ether oxygens (including phenoxy) is 2. The molecule has 2 rings (SSSR count). The highest BCUT2D eigenvalue weighted by atomic mass is 16.5. The summed E-state index contributed by atoms with van der Waals surface area (Å²) in [6, 6.07) is 0.239. The lowest BCUT2D eigenvalue weighted by Gasteiger charge is -2.37. The van der Waals surface area contributed by atoms with Crippen LogP contribution in [0, 0.1) is 0 Å². The maximum absolute atomic E-state index is 12.3. The molecule has 122 valence electrons. The number of urea groups is 1. The van der Waals surface area contributed by atoms with Gasteiger partial charge in [0.15, 0.2) is 0 Å². The van der Waals surface area contributed by atoms with Crippen LogP contribution in [0.2, 0.25) is 0 Å². The number of carbonyl (C=O) groups excluding carboxylic acids is 1. The van der Waals surface area contributed by atoms with Crippen LogP contribution in [0.15, 0.2) is 0 Å². The summed E-state index contributed by atoms with van der Waals surface area (Å²) >= 11 is 0. The van der Waals surface area contributed by atoms with Gasteiger partial charge >= 0.3 is 6.03 Å². The van der Waals surface area contributed by atoms with E-state index >= 15 is 0 Å². The number of morpholine rings is 1. The molecule has 0 aromatic carbocycles. The number of nitrogens with zero attached hydrogens (tertiary/aromatic N) is 1. The van der Waals surface area contributed by atoms with Gasteiger partial charge in [0, 0.05) is 25.7 Å². The third-order valence-electron chi connectivity index (χ3n) is 4.38. The maximum atomic E-state index is 12.3. The Kier molecular flexibility index (Phi) is 6.30. The first kappa shape index (κ1) is 16.6. The molecule has 0 aromatic rings. The Morgan fingerprint density at radius 2 is 2.19 bits per heavy atom. The van der Waals surface area contributed by atoms with Gasteiger partial charge in [-0.3, -0.25) is 0 Å². The lowest BCUT2D eigenvalue weighted by molar-refractivity contribution is -0.0648. The van der Waals surface area contributed by atoms with Crippen molar-refractivity contribution in [2.75, 3.05) is 19.7 Å². The minimum Gasteiger partial charge on any atom is -0.378 e. The normalized spacial score (nSPS) is 31.2. The Morgan fingerprint density at radius 3 is 2.86 bits per heavy atom. The standard InChI is InChI=1S/C16H30N2O3/c1-4-14-11-18(10-13(3)21-14)16(19)17-12(2)7-8-15-6-5-9-20-15/h12-15H,4-11H2,1-3H3,(H,17,19). The van der Waals surface area contributed by atoms with E-state index in [0.717, 1.165) is 25.9 Å². The molecule has 2 fully saturated rings. The van der Waals surface area contributed by atoms with Gasteiger partial charge < -0.3 is 19.7 Å². The van der Waals surface area contributed by atoms with E-state index in [4.69, 9.17) is 9.47 Å². The molecule has 0 aliphatic carbocycles. The van der Waals surface area contributed by atoms with Crippen molar-refractivity contribution in [1.82, 2.24) is 10.2 Å². The highest BCUT2D eigenvalue weighted by Crippen LogP contribution is 2.18. The fourth-order valence-electron chi connectivity index (χ4n) is 3.12. The van der Waals surface area contributed by atoms with Crippen molar-refractivity contribution >= 4 is 6.03 Å². The van der Waals surface area contributed by atoms with Gasteiger partial charge in [-0.2, -0.15) is 0 Å². The van der Waals surface area contributed by atoms with Crippen LogP contribution in [0.3, 0.4) is 0 Å². The summed E-state index contributed by atoms with van der Waals surface area (Å²) in [6.45, 7) is 8.49. The Balaban J connectivity index is 1.71. The van der Waals surface area contributed by atoms with E-state index in [-0.39, 0.29) is 24.3 Å². The summed E-state index contributed by atoms with van der Waals surface area (Å²) in [7, 11) is 0. The zero-order valence-electron chi connectivity index (χ0n) is 13.6. The summed E-state index contributed by atoms with van der Waals surface area (Å²) < 4.78 is 11.4. The molecular formula is C16H30N2O3. The molecule has 1 N–H and O–H groups in total. The number of carbonyl (C=O) groups is 1. The molecule has 4 atom stereocenters. The molecule has 5 nitrogen and oxygen atoms in total. The van der Waals surface area contributed by atoms with E-state index in [1.165, 1.54) is 12.8 Å². The molecule has 21 heavy (non-hydrogen) atoms. The number of amides is 2. The molecule has 0 radical (unpaired) electrons. The molecular weight excluding hydrogens is 268 g/mol. The van der Waals surface area contributed by atoms with Gasteiger partial charge in [0.1, 0.15) is 0 Å². The second-order valence-corrected chi connectivity index (χ2v) is 6.44. The van der Waals surface area contributed by atoms with E-state index in [0.29, 0.717) is 19.2 Å². The highest BCUT2D eigenvalue weighted by Gasteiger charge is 2.28. The quantitative estimate of drug-likeness (QED) is 0.848. The minimum atomic E-state index is 0.0449. The lowest BCUT2D eigenvalue weighted by atomic mass is 10.1. The van der Waals surface area contributed by atoms with Crippen LogP contribution in [0.5, 0.6) is 0 Å². The summed E-state index contributed by atoms with van der Waals surface area (Å²) in [4.78, 5) is 14.2. The molecule has 0 bridgehead atoms. The van der Waals surface area contributed by atoms with Crippen LogP contribution in [0.1, 0.15) is 52.9 Å². The van der Waals surface area contributed by atoms with E-state index in [1.54, 1.807) is 0 Å². The van der Waals surface area contributed by atoms with E-state index in [1.807, 2.05) is 11.8 Å². The SMILES string of the molecule is CCC1CN(C(=O)NC(C)CCC2CCCO2)CC(C)O1. The molecule has 2 aliphatic heterocycles. The molecule has 2 aliphatic rings. The van der Waals surface area contributed by atoms with E-state index in [9.17, 15) is 4.79 Å². The first-order chi connectivity index (χ1) is 10.1. The largest absolute Gasteiger partial charge is 0.378 e. The molecule has 0 saturated carbocycles. The van der Waals surface area contributed by atoms with Crippen molar-refractivity contribution in [3.63, 3.8) is 0 Å². The van der Waals surface area contributed by atoms with Crippen molar-refractivity contribution in [3.05, 3.63) is 0 Å². The minimum absolute atomic E-state index is 0.0449. The second-order valence-electron chi connectivity index (χ2n) is 6.44. The molecule has 0 spiro atoms. The highest BCUT2D eigenvalue weighted by molar-refractivity contribution is 5.74. The molecule has 0 aromatic heterocycles. The summed E-state index contributed by atoms with van der Waals surface area (Å²) in [5.41, 5.74) is 0. The number of hydrogen-bond acceptors (Lipinski definition) is 3. The average Bonchev–Trinajstić information content (AvgIpc) is 2.97. The number of hydrogen-bond donors (Lipinski definition) is 1. The number of rotatable bonds is 5. The fourth-order valence-corrected chi connectivity index (χ4v) is 3.12. The van der Waals surface area contributed by atoms with E-state index in [2.05, 4.69) is 19.2 Å². The zero-order chi connectivity index (χ0) is 15.2. The van der Waals surface area contributed by atoms with Gasteiger partial charge in [0.05, 0.1) is 18.3 Å². The van der Waals surface area contributed by atoms with Crippen molar-refractivity contribution in [1.29, 1.82) is 0 Å². The van der Waals surface area contributed by atoms with Crippen LogP contribution in [-0.2, 0) is 9.47 Å². The molecule has 2 amide bonds. The molecule has 4 unspecified atom stereocenters. The summed E-state index contributed by atoms with van der Waals surface area (Å²) in [6.07, 6.45) is 6.00. The smallest absolute Gasteiger partial charge is 0.317 e. The van der Waals surface area contributed by atoms with Gasteiger partial charge in [-0.1, -0.05) is 6.92 Å². The first-order valence-electron chi connectivity index (χ1n) is 8.41. The van der Waals surface area contributed by atoms with Crippen LogP contribution >= 0.6 is 0 Å². The molecule has 2 saturated heterocycles. The topological polar surface area (TPSA) is 50.8 Å². The zero-order valence-corrected chi connectivity index (χ0v) is 13.6. The van der Waals surface area contributed by atoms with Crippen molar-refractivity contribution in [2.24, 2.45) is 0 Å². The van der Waals surface area contributed by atoms with Crippen LogP contribution in [-0.4, -0.2) is 55.0 Å². The Morgan fingerprint density at radius 1 is 1.38 bits per heavy atom. The van der Waals surface area contributed by atoms with Gasteiger partial charge in [0.25, 0.3) is 0 Å². The predicted molar refractivity (Wildman–Crippen MR) is 82.4 cm³/mol.